The van der Waals surface area contributed by atoms with Crippen LogP contribution in [0.5, 0.6) is 0 Å². The molecule has 0 fully saturated rings. The highest BCUT2D eigenvalue weighted by Crippen LogP contribution is 2.10. The van der Waals surface area contributed by atoms with E-state index in [-0.39, 0.29) is 0 Å². The van der Waals surface area contributed by atoms with E-state index in [4.69, 9.17) is 0 Å². The first kappa shape index (κ1) is 4.09. The lowest BCUT2D eigenvalue weighted by Crippen LogP contribution is -1.51. The number of aromatic nitrogens is 2. The SMILES string of the molecule is c1cc2nscc2[nH]1. The van der Waals surface area contributed by atoms with E-state index in [2.05, 4.69) is 9.36 Å². The fourth-order valence-electron chi connectivity index (χ4n) is 0.684. The summed E-state index contributed by atoms with van der Waals surface area (Å²) in [6.45, 7) is 0. The number of aromatic amines is 1. The van der Waals surface area contributed by atoms with Crippen LogP contribution in [-0.2, 0) is 0 Å². The van der Waals surface area contributed by atoms with Gasteiger partial charge in [-0.2, -0.15) is 4.37 Å². The van der Waals surface area contributed by atoms with E-state index in [0.717, 1.165) is 11.0 Å². The molecule has 2 rings (SSSR count). The molecule has 0 aliphatic carbocycles. The van der Waals surface area contributed by atoms with Crippen LogP contribution >= 0.6 is 11.5 Å². The summed E-state index contributed by atoms with van der Waals surface area (Å²) in [4.78, 5) is 3.05. The molecule has 0 aromatic carbocycles. The van der Waals surface area contributed by atoms with Gasteiger partial charge in [-0.1, -0.05) is 0 Å². The summed E-state index contributed by atoms with van der Waals surface area (Å²) in [5.41, 5.74) is 2.20. The zero-order valence-corrected chi connectivity index (χ0v) is 4.90. The molecule has 40 valence electrons. The topological polar surface area (TPSA) is 28.7 Å². The highest BCUT2D eigenvalue weighted by atomic mass is 32.1. The maximum atomic E-state index is 4.09. The Morgan fingerprint density at radius 2 is 2.62 bits per heavy atom. The monoisotopic (exact) mass is 124 g/mol. The van der Waals surface area contributed by atoms with Gasteiger partial charge in [-0.25, -0.2) is 0 Å². The van der Waals surface area contributed by atoms with E-state index in [1.54, 1.807) is 0 Å². The molecule has 2 aromatic rings. The van der Waals surface area contributed by atoms with Crippen LogP contribution in [0.4, 0.5) is 0 Å². The molecule has 3 heteroatoms. The fraction of sp³-hybridized carbons (Fsp3) is 0. The van der Waals surface area contributed by atoms with Crippen molar-refractivity contribution in [1.82, 2.24) is 9.36 Å². The first-order valence-electron chi connectivity index (χ1n) is 2.34. The summed E-state index contributed by atoms with van der Waals surface area (Å²) in [6.07, 6.45) is 1.89. The predicted octanol–water partition coefficient (Wildman–Crippen LogP) is 1.62. The first-order valence-corrected chi connectivity index (χ1v) is 3.18. The van der Waals surface area contributed by atoms with Crippen molar-refractivity contribution >= 4 is 22.6 Å². The summed E-state index contributed by atoms with van der Waals surface area (Å²) < 4.78 is 4.09. The van der Waals surface area contributed by atoms with Gasteiger partial charge in [0.1, 0.15) is 5.52 Å². The van der Waals surface area contributed by atoms with Crippen molar-refractivity contribution in [2.45, 2.75) is 0 Å². The molecule has 0 amide bonds. The number of nitrogens with zero attached hydrogens (tertiary/aromatic N) is 1. The standard InChI is InChI=1S/C5H4N2S/c1-2-6-5-3-8-7-4(1)5/h1-3,6H. The third-order valence-electron chi connectivity index (χ3n) is 1.08. The van der Waals surface area contributed by atoms with E-state index in [1.165, 1.54) is 11.5 Å². The third kappa shape index (κ3) is 0.391. The van der Waals surface area contributed by atoms with E-state index in [0.29, 0.717) is 0 Å². The van der Waals surface area contributed by atoms with Crippen LogP contribution in [0.2, 0.25) is 0 Å². The molecule has 2 aromatic heterocycles. The Morgan fingerprint density at radius 1 is 1.62 bits per heavy atom. The van der Waals surface area contributed by atoms with Crippen molar-refractivity contribution in [3.05, 3.63) is 17.6 Å². The number of hydrogen-bond donors (Lipinski definition) is 1. The van der Waals surface area contributed by atoms with E-state index < -0.39 is 0 Å². The maximum absolute atomic E-state index is 4.09. The predicted molar refractivity (Wildman–Crippen MR) is 34.0 cm³/mol. The molecule has 0 aliphatic heterocycles. The zero-order valence-electron chi connectivity index (χ0n) is 4.09. The Kier molecular flexibility index (Phi) is 0.676. The van der Waals surface area contributed by atoms with Crippen LogP contribution in [0.15, 0.2) is 17.6 Å². The smallest absolute Gasteiger partial charge is 0.102 e. The van der Waals surface area contributed by atoms with Gasteiger partial charge in [0.05, 0.1) is 5.52 Å². The summed E-state index contributed by atoms with van der Waals surface area (Å²) in [5.74, 6) is 0. The summed E-state index contributed by atoms with van der Waals surface area (Å²) in [5, 5.41) is 2.00. The van der Waals surface area contributed by atoms with Crippen LogP contribution in [-0.4, -0.2) is 9.36 Å². The Labute approximate surface area is 50.3 Å². The number of nitrogens with one attached hydrogen (secondary N) is 1. The van der Waals surface area contributed by atoms with Crippen LogP contribution in [0.3, 0.4) is 0 Å². The van der Waals surface area contributed by atoms with E-state index >= 15 is 0 Å². The van der Waals surface area contributed by atoms with Crippen molar-refractivity contribution in [3.8, 4) is 0 Å². The van der Waals surface area contributed by atoms with Crippen LogP contribution < -0.4 is 0 Å². The van der Waals surface area contributed by atoms with Gasteiger partial charge in [0, 0.05) is 11.6 Å². The average molecular weight is 124 g/mol. The van der Waals surface area contributed by atoms with Gasteiger partial charge < -0.3 is 4.98 Å². The molecule has 0 radical (unpaired) electrons. The summed E-state index contributed by atoms with van der Waals surface area (Å²) >= 11 is 1.48. The van der Waals surface area contributed by atoms with Gasteiger partial charge in [0.15, 0.2) is 0 Å². The molecule has 0 saturated carbocycles. The van der Waals surface area contributed by atoms with Gasteiger partial charge in [0.25, 0.3) is 0 Å². The maximum Gasteiger partial charge on any atom is 0.102 e. The Hall–Kier alpha value is -0.830. The second-order valence-corrected chi connectivity index (χ2v) is 2.22. The molecule has 1 N–H and O–H groups in total. The molecule has 0 spiro atoms. The van der Waals surface area contributed by atoms with Crippen LogP contribution in [0.25, 0.3) is 11.0 Å². The van der Waals surface area contributed by atoms with Gasteiger partial charge in [0.2, 0.25) is 0 Å². The van der Waals surface area contributed by atoms with Gasteiger partial charge in [-0.05, 0) is 17.6 Å². The lowest BCUT2D eigenvalue weighted by molar-refractivity contribution is 1.49. The Bertz CT molecular complexity index is 232. The minimum absolute atomic E-state index is 1.06. The highest BCUT2D eigenvalue weighted by molar-refractivity contribution is 7.04. The average Bonchev–Trinajstić information content (AvgIpc) is 2.15. The molecule has 0 bridgehead atoms. The molecule has 8 heavy (non-hydrogen) atoms. The lowest BCUT2D eigenvalue weighted by Gasteiger charge is -1.64. The van der Waals surface area contributed by atoms with Crippen LogP contribution in [0, 0.1) is 0 Å². The Morgan fingerprint density at radius 3 is 3.50 bits per heavy atom. The molecule has 2 heterocycles. The molecule has 0 saturated heterocycles. The Balaban J connectivity index is 3.06. The molecule has 0 aliphatic rings. The van der Waals surface area contributed by atoms with E-state index in [1.807, 2.05) is 17.6 Å². The second-order valence-electron chi connectivity index (χ2n) is 1.59. The fourth-order valence-corrected chi connectivity index (χ4v) is 1.30. The highest BCUT2D eigenvalue weighted by Gasteiger charge is 1.91. The number of hydrogen-bond acceptors (Lipinski definition) is 2. The molecular formula is C5H4N2S. The van der Waals surface area contributed by atoms with Crippen molar-refractivity contribution in [2.75, 3.05) is 0 Å². The van der Waals surface area contributed by atoms with Gasteiger partial charge >= 0.3 is 0 Å². The molecule has 0 atom stereocenters. The van der Waals surface area contributed by atoms with E-state index in [9.17, 15) is 0 Å². The summed E-state index contributed by atoms with van der Waals surface area (Å²) in [6, 6.07) is 1.96. The van der Waals surface area contributed by atoms with Gasteiger partial charge in [-0.3, -0.25) is 0 Å². The normalized spacial score (nSPS) is 10.5. The molecule has 0 unspecified atom stereocenters. The second kappa shape index (κ2) is 1.32. The third-order valence-corrected chi connectivity index (χ3v) is 1.72. The number of fused-ring (bicyclic) bond motifs is 1. The minimum Gasteiger partial charge on any atom is -0.359 e. The zero-order chi connectivity index (χ0) is 5.40. The number of rotatable bonds is 0. The first-order chi connectivity index (χ1) is 3.97. The minimum atomic E-state index is 1.06. The van der Waals surface area contributed by atoms with Gasteiger partial charge in [-0.15, -0.1) is 0 Å². The van der Waals surface area contributed by atoms with Crippen molar-refractivity contribution in [3.63, 3.8) is 0 Å². The largest absolute Gasteiger partial charge is 0.359 e. The number of H-pyrrole nitrogens is 1. The van der Waals surface area contributed by atoms with Crippen molar-refractivity contribution in [2.24, 2.45) is 0 Å². The molecule has 2 nitrogen and oxygen atoms in total. The summed E-state index contributed by atoms with van der Waals surface area (Å²) in [7, 11) is 0. The van der Waals surface area contributed by atoms with Crippen LogP contribution in [0.1, 0.15) is 0 Å². The lowest BCUT2D eigenvalue weighted by atomic mass is 10.5. The van der Waals surface area contributed by atoms with Crippen molar-refractivity contribution in [1.29, 1.82) is 0 Å². The van der Waals surface area contributed by atoms with Crippen molar-refractivity contribution < 1.29 is 0 Å². The quantitative estimate of drug-likeness (QED) is 0.568. The molecular weight excluding hydrogens is 120 g/mol.